The lowest BCUT2D eigenvalue weighted by atomic mass is 9.90. The van der Waals surface area contributed by atoms with E-state index in [1.807, 2.05) is 12.1 Å². The van der Waals surface area contributed by atoms with E-state index in [4.69, 9.17) is 9.97 Å². The minimum atomic E-state index is 0.643. The van der Waals surface area contributed by atoms with Gasteiger partial charge in [0.1, 0.15) is 0 Å². The molecular weight excluding hydrogens is 657 g/mol. The quantitative estimate of drug-likeness (QED) is 0.180. The Balaban J connectivity index is 1.27. The smallest absolute Gasteiger partial charge is 0.160 e. The van der Waals surface area contributed by atoms with Gasteiger partial charge in [-0.1, -0.05) is 147 Å². The van der Waals surface area contributed by atoms with Crippen LogP contribution in [-0.4, -0.2) is 9.97 Å². The van der Waals surface area contributed by atoms with Crippen molar-refractivity contribution in [3.8, 4) is 33.9 Å². The van der Waals surface area contributed by atoms with E-state index < -0.39 is 0 Å². The number of nitrogens with zero attached hydrogens (tertiary/aromatic N) is 4. The summed E-state index contributed by atoms with van der Waals surface area (Å²) >= 11 is 0. The van der Waals surface area contributed by atoms with E-state index in [2.05, 4.69) is 193 Å². The summed E-state index contributed by atoms with van der Waals surface area (Å²) < 4.78 is 0. The van der Waals surface area contributed by atoms with Crippen molar-refractivity contribution in [3.05, 3.63) is 217 Å². The lowest BCUT2D eigenvalue weighted by molar-refractivity contribution is 1.17. The lowest BCUT2D eigenvalue weighted by Crippen LogP contribution is -2.20. The fourth-order valence-electron chi connectivity index (χ4n) is 7.87. The summed E-state index contributed by atoms with van der Waals surface area (Å²) in [7, 11) is 0. The molecule has 1 aromatic heterocycles. The molecule has 54 heavy (non-hydrogen) atoms. The van der Waals surface area contributed by atoms with Crippen LogP contribution in [0, 0.1) is 0 Å². The van der Waals surface area contributed by atoms with Crippen LogP contribution < -0.4 is 9.80 Å². The number of fused-ring (bicyclic) bond motifs is 4. The molecule has 10 rings (SSSR count). The molecule has 8 aromatic rings. The Morgan fingerprint density at radius 1 is 0.333 bits per heavy atom. The second kappa shape index (κ2) is 12.7. The molecule has 0 radical (unpaired) electrons. The van der Waals surface area contributed by atoms with E-state index in [0.717, 1.165) is 95.6 Å². The molecule has 0 bridgehead atoms. The first-order valence-electron chi connectivity index (χ1n) is 18.1. The monoisotopic (exact) mass is 690 g/mol. The van der Waals surface area contributed by atoms with Gasteiger partial charge in [-0.15, -0.1) is 0 Å². The molecule has 0 unspecified atom stereocenters. The SMILES string of the molecule is C=C1c2ccccc2N(c2cc(-c3nc(-c4ccccc4)cc(-c4ccccc4)n3)cc(N3c4ccccc4C(=C)c4ccccc43)c2)c2ccccc21. The van der Waals surface area contributed by atoms with Crippen LogP contribution in [0.15, 0.2) is 195 Å². The molecule has 0 N–H and O–H groups in total. The van der Waals surface area contributed by atoms with E-state index in [-0.39, 0.29) is 0 Å². The molecule has 4 heteroatoms. The van der Waals surface area contributed by atoms with Gasteiger partial charge in [0.05, 0.1) is 34.1 Å². The Kier molecular flexibility index (Phi) is 7.41. The molecule has 0 saturated heterocycles. The molecule has 0 saturated carbocycles. The number of benzene rings is 7. The lowest BCUT2D eigenvalue weighted by Gasteiger charge is -2.37. The molecule has 7 aromatic carbocycles. The third-order valence-electron chi connectivity index (χ3n) is 10.4. The number of aromatic nitrogens is 2. The second-order valence-corrected chi connectivity index (χ2v) is 13.6. The first kappa shape index (κ1) is 31.4. The van der Waals surface area contributed by atoms with Crippen molar-refractivity contribution in [1.29, 1.82) is 0 Å². The van der Waals surface area contributed by atoms with Crippen LogP contribution in [0.1, 0.15) is 22.3 Å². The minimum absolute atomic E-state index is 0.643. The zero-order chi connectivity index (χ0) is 36.2. The molecular formula is C50H34N4. The third kappa shape index (κ3) is 5.15. The van der Waals surface area contributed by atoms with Crippen LogP contribution in [0.5, 0.6) is 0 Å². The maximum atomic E-state index is 5.30. The minimum Gasteiger partial charge on any atom is -0.309 e. The van der Waals surface area contributed by atoms with Gasteiger partial charge in [-0.05, 0) is 59.7 Å². The highest BCUT2D eigenvalue weighted by molar-refractivity contribution is 6.03. The summed E-state index contributed by atoms with van der Waals surface area (Å²) in [6.45, 7) is 9.10. The molecule has 2 aliphatic rings. The van der Waals surface area contributed by atoms with Crippen molar-refractivity contribution in [2.45, 2.75) is 0 Å². The van der Waals surface area contributed by atoms with Gasteiger partial charge in [-0.2, -0.15) is 0 Å². The van der Waals surface area contributed by atoms with E-state index in [1.54, 1.807) is 0 Å². The van der Waals surface area contributed by atoms with Gasteiger partial charge in [-0.25, -0.2) is 9.97 Å². The zero-order valence-corrected chi connectivity index (χ0v) is 29.5. The van der Waals surface area contributed by atoms with Crippen molar-refractivity contribution in [3.63, 3.8) is 0 Å². The van der Waals surface area contributed by atoms with Gasteiger partial charge in [0.25, 0.3) is 0 Å². The summed E-state index contributed by atoms with van der Waals surface area (Å²) in [6, 6.07) is 63.6. The van der Waals surface area contributed by atoms with Gasteiger partial charge < -0.3 is 9.80 Å². The van der Waals surface area contributed by atoms with Crippen molar-refractivity contribution in [2.75, 3.05) is 9.80 Å². The molecule has 0 fully saturated rings. The Labute approximate surface area is 315 Å². The summed E-state index contributed by atoms with van der Waals surface area (Å²) in [5.74, 6) is 0.643. The maximum Gasteiger partial charge on any atom is 0.160 e. The highest BCUT2D eigenvalue weighted by atomic mass is 15.2. The topological polar surface area (TPSA) is 32.3 Å². The number of para-hydroxylation sites is 4. The van der Waals surface area contributed by atoms with Gasteiger partial charge >= 0.3 is 0 Å². The third-order valence-corrected chi connectivity index (χ3v) is 10.4. The van der Waals surface area contributed by atoms with E-state index in [9.17, 15) is 0 Å². The van der Waals surface area contributed by atoms with Gasteiger partial charge in [0, 0.05) is 50.3 Å². The van der Waals surface area contributed by atoms with Crippen molar-refractivity contribution in [1.82, 2.24) is 9.97 Å². The summed E-state index contributed by atoms with van der Waals surface area (Å²) in [5, 5.41) is 0. The van der Waals surface area contributed by atoms with Crippen molar-refractivity contribution in [2.24, 2.45) is 0 Å². The van der Waals surface area contributed by atoms with Crippen LogP contribution in [0.2, 0.25) is 0 Å². The first-order valence-corrected chi connectivity index (χ1v) is 18.1. The summed E-state index contributed by atoms with van der Waals surface area (Å²) in [5.41, 5.74) is 17.4. The molecule has 0 atom stereocenters. The Bertz CT molecular complexity index is 2490. The number of rotatable bonds is 5. The summed E-state index contributed by atoms with van der Waals surface area (Å²) in [4.78, 5) is 15.3. The Hall–Kier alpha value is -7.30. The van der Waals surface area contributed by atoms with E-state index in [0.29, 0.717) is 5.82 Å². The largest absolute Gasteiger partial charge is 0.309 e. The van der Waals surface area contributed by atoms with Crippen LogP contribution >= 0.6 is 0 Å². The normalized spacial score (nSPS) is 12.8. The molecule has 0 spiro atoms. The number of anilines is 6. The van der Waals surface area contributed by atoms with Crippen LogP contribution in [-0.2, 0) is 0 Å². The molecule has 3 heterocycles. The number of hydrogen-bond acceptors (Lipinski definition) is 4. The fourth-order valence-corrected chi connectivity index (χ4v) is 7.87. The predicted molar refractivity (Wildman–Crippen MR) is 224 cm³/mol. The van der Waals surface area contributed by atoms with E-state index in [1.165, 1.54) is 0 Å². The fraction of sp³-hybridized carbons (Fsp3) is 0. The first-order chi connectivity index (χ1) is 26.6. The van der Waals surface area contributed by atoms with Crippen molar-refractivity contribution < 1.29 is 0 Å². The molecule has 0 aliphatic carbocycles. The average molecular weight is 691 g/mol. The van der Waals surface area contributed by atoms with Gasteiger partial charge in [0.2, 0.25) is 0 Å². The van der Waals surface area contributed by atoms with Gasteiger partial charge in [-0.3, -0.25) is 0 Å². The number of hydrogen-bond donors (Lipinski definition) is 0. The van der Waals surface area contributed by atoms with Gasteiger partial charge in [0.15, 0.2) is 5.82 Å². The van der Waals surface area contributed by atoms with Crippen molar-refractivity contribution >= 4 is 45.3 Å². The summed E-state index contributed by atoms with van der Waals surface area (Å²) in [6.07, 6.45) is 0. The highest BCUT2D eigenvalue weighted by Gasteiger charge is 2.30. The molecule has 0 amide bonds. The Morgan fingerprint density at radius 3 is 1.04 bits per heavy atom. The maximum absolute atomic E-state index is 5.30. The predicted octanol–water partition coefficient (Wildman–Crippen LogP) is 13.2. The average Bonchev–Trinajstić information content (AvgIpc) is 3.24. The van der Waals surface area contributed by atoms with Crippen LogP contribution in [0.25, 0.3) is 45.0 Å². The highest BCUT2D eigenvalue weighted by Crippen LogP contribution is 2.52. The zero-order valence-electron chi connectivity index (χ0n) is 29.5. The second-order valence-electron chi connectivity index (χ2n) is 13.6. The molecule has 2 aliphatic heterocycles. The van der Waals surface area contributed by atoms with E-state index >= 15 is 0 Å². The molecule has 4 nitrogen and oxygen atoms in total. The van der Waals surface area contributed by atoms with Crippen LogP contribution in [0.4, 0.5) is 34.1 Å². The Morgan fingerprint density at radius 2 is 0.667 bits per heavy atom. The van der Waals surface area contributed by atoms with Crippen LogP contribution in [0.3, 0.4) is 0 Å². The standard InChI is InChI=1S/C50H34N4/c1-33-40-21-9-13-25-46(40)53(47-26-14-10-22-41(33)47)38-29-37(50-51-44(35-17-5-3-6-18-35)32-45(52-50)36-19-7-4-8-20-36)30-39(31-38)54-48-27-15-11-23-42(48)34(2)43-24-12-16-28-49(43)54/h3-32H,1-2H2. The molecule has 254 valence electrons.